The summed E-state index contributed by atoms with van der Waals surface area (Å²) in [6, 6.07) is 10.8. The second-order valence-corrected chi connectivity index (χ2v) is 5.34. The van der Waals surface area contributed by atoms with Crippen LogP contribution in [0.3, 0.4) is 0 Å². The van der Waals surface area contributed by atoms with Crippen molar-refractivity contribution in [2.24, 2.45) is 0 Å². The summed E-state index contributed by atoms with van der Waals surface area (Å²) in [5, 5.41) is 1.17. The maximum Gasteiger partial charge on any atom is 0.279 e. The fourth-order valence-corrected chi connectivity index (χ4v) is 2.82. The second kappa shape index (κ2) is 4.94. The van der Waals surface area contributed by atoms with Crippen LogP contribution < -0.4 is 5.56 Å². The molecule has 3 aromatic rings. The van der Waals surface area contributed by atoms with Crippen LogP contribution >= 0.6 is 11.3 Å². The van der Waals surface area contributed by atoms with Crippen LogP contribution in [-0.4, -0.2) is 15.8 Å². The third-order valence-electron chi connectivity index (χ3n) is 2.92. The number of carbonyl (C=O) groups is 1. The van der Waals surface area contributed by atoms with E-state index in [1.54, 1.807) is 18.2 Å². The Kier molecular flexibility index (Phi) is 3.12. The van der Waals surface area contributed by atoms with E-state index in [4.69, 9.17) is 0 Å². The van der Waals surface area contributed by atoms with Gasteiger partial charge in [-0.2, -0.15) is 4.98 Å². The summed E-state index contributed by atoms with van der Waals surface area (Å²) in [5.74, 6) is -0.0382. The first-order valence-electron chi connectivity index (χ1n) is 6.02. The number of Topliss-reactive ketones (excluding diaryl/α,β-unsaturated/α-hetero) is 1. The zero-order valence-corrected chi connectivity index (χ0v) is 11.5. The number of fused-ring (bicyclic) bond motifs is 1. The predicted molar refractivity (Wildman–Crippen MR) is 79.1 cm³/mol. The van der Waals surface area contributed by atoms with Gasteiger partial charge in [0.05, 0.1) is 11.1 Å². The minimum atomic E-state index is -0.258. The largest absolute Gasteiger partial charge is 0.294 e. The minimum absolute atomic E-state index is 0.0382. The van der Waals surface area contributed by atoms with Crippen LogP contribution in [0.4, 0.5) is 0 Å². The van der Waals surface area contributed by atoms with E-state index in [-0.39, 0.29) is 11.3 Å². The number of ketones is 1. The van der Waals surface area contributed by atoms with Crippen LogP contribution in [0.1, 0.15) is 17.3 Å². The molecule has 2 aromatic heterocycles. The van der Waals surface area contributed by atoms with Gasteiger partial charge in [-0.05, 0) is 31.2 Å². The zero-order valence-electron chi connectivity index (χ0n) is 10.7. The van der Waals surface area contributed by atoms with Gasteiger partial charge in [0.2, 0.25) is 0 Å². The highest BCUT2D eigenvalue weighted by atomic mass is 32.1. The third-order valence-corrected chi connectivity index (χ3v) is 3.99. The van der Waals surface area contributed by atoms with Crippen LogP contribution in [-0.2, 0) is 0 Å². The zero-order chi connectivity index (χ0) is 14.1. The highest BCUT2D eigenvalue weighted by molar-refractivity contribution is 7.21. The molecule has 0 spiro atoms. The van der Waals surface area contributed by atoms with E-state index in [0.717, 1.165) is 4.70 Å². The maximum atomic E-state index is 12.0. The Hall–Kier alpha value is -2.40. The lowest BCUT2D eigenvalue weighted by molar-refractivity contribution is 0.101. The van der Waals surface area contributed by atoms with Crippen LogP contribution in [0.15, 0.2) is 47.4 Å². The molecule has 0 radical (unpaired) electrons. The molecule has 0 fully saturated rings. The second-order valence-electron chi connectivity index (χ2n) is 4.31. The summed E-state index contributed by atoms with van der Waals surface area (Å²) in [4.78, 5) is 31.4. The minimum Gasteiger partial charge on any atom is -0.294 e. The van der Waals surface area contributed by atoms with Gasteiger partial charge in [0.15, 0.2) is 5.78 Å². The summed E-state index contributed by atoms with van der Waals surface area (Å²) in [6.07, 6.45) is 1.51. The number of pyridine rings is 1. The van der Waals surface area contributed by atoms with Crippen molar-refractivity contribution in [1.29, 1.82) is 0 Å². The fourth-order valence-electron chi connectivity index (χ4n) is 1.85. The van der Waals surface area contributed by atoms with Gasteiger partial charge in [-0.25, -0.2) is 0 Å². The first-order valence-corrected chi connectivity index (χ1v) is 6.84. The maximum absolute atomic E-state index is 12.0. The van der Waals surface area contributed by atoms with E-state index < -0.39 is 0 Å². The molecular weight excluding hydrogens is 272 g/mol. The molecule has 0 aliphatic heterocycles. The molecule has 0 N–H and O–H groups in total. The Bertz CT molecular complexity index is 854. The molecule has 3 rings (SSSR count). The highest BCUT2D eigenvalue weighted by Gasteiger charge is 2.08. The Morgan fingerprint density at radius 1 is 1.15 bits per heavy atom. The van der Waals surface area contributed by atoms with Gasteiger partial charge in [0.25, 0.3) is 5.56 Å². The molecule has 2 heterocycles. The number of aromatic nitrogens is 2. The first-order chi connectivity index (χ1) is 9.65. The fraction of sp³-hybridized carbons (Fsp3) is 0.0667. The monoisotopic (exact) mass is 282 g/mol. The van der Waals surface area contributed by atoms with Gasteiger partial charge in [-0.15, -0.1) is 11.3 Å². The molecule has 5 heteroatoms. The third kappa shape index (κ3) is 2.23. The Balaban J connectivity index is 2.14. The van der Waals surface area contributed by atoms with Gasteiger partial charge < -0.3 is 0 Å². The lowest BCUT2D eigenvalue weighted by atomic mass is 10.2. The smallest absolute Gasteiger partial charge is 0.279 e. The molecule has 0 aliphatic rings. The van der Waals surface area contributed by atoms with Crippen molar-refractivity contribution < 1.29 is 4.79 Å². The molecule has 0 aliphatic carbocycles. The number of hydrogen-bond acceptors (Lipinski definition) is 5. The summed E-state index contributed by atoms with van der Waals surface area (Å²) in [5.41, 5.74) is 0.886. The molecular formula is C15H10N2O2S. The van der Waals surface area contributed by atoms with Gasteiger partial charge in [-0.3, -0.25) is 14.6 Å². The van der Waals surface area contributed by atoms with Crippen LogP contribution in [0.5, 0.6) is 0 Å². The summed E-state index contributed by atoms with van der Waals surface area (Å²) in [6.45, 7) is 1.49. The number of nitrogens with zero attached hydrogens (tertiary/aromatic N) is 2. The molecule has 4 nitrogen and oxygen atoms in total. The Morgan fingerprint density at radius 2 is 1.95 bits per heavy atom. The molecule has 0 saturated heterocycles. The Labute approximate surface area is 118 Å². The lowest BCUT2D eigenvalue weighted by Gasteiger charge is -2.01. The standard InChI is InChI=1S/C15H10N2O2S/c1-9(18)10-6-7-12(16-8-10)15-17-14(19)11-4-2-3-5-13(11)20-15/h2-8H,1H3. The van der Waals surface area contributed by atoms with Crippen molar-refractivity contribution in [3.63, 3.8) is 0 Å². The number of carbonyl (C=O) groups excluding carboxylic acids is 1. The number of rotatable bonds is 2. The average molecular weight is 282 g/mol. The molecule has 0 unspecified atom stereocenters. The topological polar surface area (TPSA) is 59.9 Å². The van der Waals surface area contributed by atoms with Gasteiger partial charge in [-0.1, -0.05) is 12.1 Å². The molecule has 0 amide bonds. The summed E-state index contributed by atoms with van der Waals surface area (Å²) >= 11 is 1.41. The van der Waals surface area contributed by atoms with Gasteiger partial charge >= 0.3 is 0 Å². The van der Waals surface area contributed by atoms with Crippen molar-refractivity contribution in [1.82, 2.24) is 9.97 Å². The molecule has 98 valence electrons. The van der Waals surface area contributed by atoms with Gasteiger partial charge in [0.1, 0.15) is 5.01 Å². The van der Waals surface area contributed by atoms with E-state index in [0.29, 0.717) is 21.7 Å². The van der Waals surface area contributed by atoms with Crippen LogP contribution in [0.25, 0.3) is 20.8 Å². The van der Waals surface area contributed by atoms with Crippen molar-refractivity contribution in [2.45, 2.75) is 6.92 Å². The molecule has 1 aromatic carbocycles. The van der Waals surface area contributed by atoms with E-state index in [2.05, 4.69) is 9.97 Å². The number of hydrogen-bond donors (Lipinski definition) is 0. The van der Waals surface area contributed by atoms with Crippen molar-refractivity contribution in [2.75, 3.05) is 0 Å². The van der Waals surface area contributed by atoms with Crippen LogP contribution in [0.2, 0.25) is 0 Å². The summed E-state index contributed by atoms with van der Waals surface area (Å²) in [7, 11) is 0. The molecule has 0 bridgehead atoms. The molecule has 0 atom stereocenters. The van der Waals surface area contributed by atoms with Gasteiger partial charge in [0, 0.05) is 16.5 Å². The van der Waals surface area contributed by atoms with E-state index in [9.17, 15) is 9.59 Å². The predicted octanol–water partition coefficient (Wildman–Crippen LogP) is 2.92. The lowest BCUT2D eigenvalue weighted by Crippen LogP contribution is -2.06. The molecule has 20 heavy (non-hydrogen) atoms. The quantitative estimate of drug-likeness (QED) is 0.678. The van der Waals surface area contributed by atoms with E-state index in [1.165, 1.54) is 24.5 Å². The SMILES string of the molecule is CC(=O)c1ccc(-c2nc(=O)c3ccccc3s2)nc1. The first kappa shape index (κ1) is 12.6. The molecule has 0 saturated carbocycles. The van der Waals surface area contributed by atoms with Crippen molar-refractivity contribution in [3.8, 4) is 10.7 Å². The van der Waals surface area contributed by atoms with Crippen LogP contribution in [0, 0.1) is 0 Å². The van der Waals surface area contributed by atoms with E-state index >= 15 is 0 Å². The average Bonchev–Trinajstić information content (AvgIpc) is 2.47. The van der Waals surface area contributed by atoms with E-state index in [1.807, 2.05) is 18.2 Å². The normalized spacial score (nSPS) is 10.7. The van der Waals surface area contributed by atoms with Crippen molar-refractivity contribution >= 4 is 27.2 Å². The summed E-state index contributed by atoms with van der Waals surface area (Å²) < 4.78 is 0.875. The highest BCUT2D eigenvalue weighted by Crippen LogP contribution is 2.24. The Morgan fingerprint density at radius 3 is 2.65 bits per heavy atom. The van der Waals surface area contributed by atoms with Crippen molar-refractivity contribution in [3.05, 3.63) is 58.5 Å². The number of benzene rings is 1.